The lowest BCUT2D eigenvalue weighted by molar-refractivity contribution is 0.281. The zero-order chi connectivity index (χ0) is 14.9. The highest BCUT2D eigenvalue weighted by Gasteiger charge is 2.28. The van der Waals surface area contributed by atoms with Crippen LogP contribution >= 0.6 is 0 Å². The molecule has 1 N–H and O–H groups in total. The molecule has 0 bridgehead atoms. The summed E-state index contributed by atoms with van der Waals surface area (Å²) >= 11 is 0. The molecule has 0 amide bonds. The maximum absolute atomic E-state index is 12.5. The van der Waals surface area contributed by atoms with Gasteiger partial charge in [0.25, 0.3) is 0 Å². The van der Waals surface area contributed by atoms with E-state index in [2.05, 4.69) is 0 Å². The van der Waals surface area contributed by atoms with Crippen molar-refractivity contribution in [1.82, 2.24) is 4.31 Å². The zero-order valence-electron chi connectivity index (χ0n) is 11.6. The lowest BCUT2D eigenvalue weighted by atomic mass is 10.1. The Hall–Kier alpha value is -1.69. The van der Waals surface area contributed by atoms with Crippen molar-refractivity contribution in [2.24, 2.45) is 0 Å². The number of sulfonamides is 1. The molecule has 0 saturated carbocycles. The summed E-state index contributed by atoms with van der Waals surface area (Å²) in [5.74, 6) is -0.0329. The predicted molar refractivity (Wildman–Crippen MR) is 80.7 cm³/mol. The van der Waals surface area contributed by atoms with E-state index in [4.69, 9.17) is 5.11 Å². The largest absolute Gasteiger partial charge is 0.392 e. The van der Waals surface area contributed by atoms with Crippen LogP contribution in [0.4, 0.5) is 0 Å². The van der Waals surface area contributed by atoms with Gasteiger partial charge in [0.1, 0.15) is 0 Å². The van der Waals surface area contributed by atoms with Crippen LogP contribution in [0.5, 0.6) is 0 Å². The Morgan fingerprint density at radius 3 is 2.19 bits per heavy atom. The zero-order valence-corrected chi connectivity index (χ0v) is 12.4. The molecule has 4 nitrogen and oxygen atoms in total. The lowest BCUT2D eigenvalue weighted by Crippen LogP contribution is -2.27. The van der Waals surface area contributed by atoms with E-state index in [1.807, 2.05) is 24.3 Å². The third kappa shape index (κ3) is 3.00. The van der Waals surface area contributed by atoms with Gasteiger partial charge in [-0.1, -0.05) is 48.5 Å². The van der Waals surface area contributed by atoms with Crippen molar-refractivity contribution >= 4 is 10.0 Å². The van der Waals surface area contributed by atoms with Crippen LogP contribution in [0.3, 0.4) is 0 Å². The van der Waals surface area contributed by atoms with Gasteiger partial charge in [-0.25, -0.2) is 8.42 Å². The number of benzene rings is 2. The molecule has 0 spiro atoms. The van der Waals surface area contributed by atoms with Crippen molar-refractivity contribution in [3.63, 3.8) is 0 Å². The Kier molecular flexibility index (Phi) is 3.80. The van der Waals surface area contributed by atoms with Gasteiger partial charge in [0.2, 0.25) is 10.0 Å². The maximum Gasteiger partial charge on any atom is 0.218 e. The number of rotatable bonds is 4. The van der Waals surface area contributed by atoms with Crippen LogP contribution in [0.15, 0.2) is 48.5 Å². The fraction of sp³-hybridized carbons (Fsp3) is 0.250. The number of nitrogens with zero attached hydrogens (tertiary/aromatic N) is 1. The van der Waals surface area contributed by atoms with E-state index in [1.54, 1.807) is 24.3 Å². The number of hydrogen-bond acceptors (Lipinski definition) is 3. The van der Waals surface area contributed by atoms with Gasteiger partial charge in [-0.2, -0.15) is 4.31 Å². The minimum Gasteiger partial charge on any atom is -0.392 e. The minimum atomic E-state index is -3.35. The highest BCUT2D eigenvalue weighted by molar-refractivity contribution is 7.88. The fourth-order valence-corrected chi connectivity index (χ4v) is 4.07. The minimum absolute atomic E-state index is 0.0329. The fourth-order valence-electron chi connectivity index (χ4n) is 2.62. The normalized spacial score (nSPS) is 15.1. The molecule has 110 valence electrons. The quantitative estimate of drug-likeness (QED) is 0.940. The molecule has 2 aromatic carbocycles. The molecule has 0 aromatic heterocycles. The average Bonchev–Trinajstić information content (AvgIpc) is 2.92. The van der Waals surface area contributed by atoms with E-state index in [0.29, 0.717) is 18.7 Å². The first-order chi connectivity index (χ1) is 10.1. The summed E-state index contributed by atoms with van der Waals surface area (Å²) in [4.78, 5) is 0. The summed E-state index contributed by atoms with van der Waals surface area (Å²) in [6.45, 7) is 0.805. The SMILES string of the molecule is O=S(=O)(Cc1cccc(CO)c1)N1Cc2ccccc2C1. The van der Waals surface area contributed by atoms with Crippen molar-refractivity contribution in [2.45, 2.75) is 25.4 Å². The summed E-state index contributed by atoms with van der Waals surface area (Å²) in [7, 11) is -3.35. The third-order valence-electron chi connectivity index (χ3n) is 3.73. The van der Waals surface area contributed by atoms with Gasteiger partial charge in [-0.05, 0) is 22.3 Å². The monoisotopic (exact) mass is 303 g/mol. The molecule has 0 atom stereocenters. The van der Waals surface area contributed by atoms with E-state index in [1.165, 1.54) is 4.31 Å². The summed E-state index contributed by atoms with van der Waals surface area (Å²) in [6.07, 6.45) is 0. The number of aliphatic hydroxyl groups is 1. The van der Waals surface area contributed by atoms with Crippen LogP contribution in [-0.4, -0.2) is 17.8 Å². The molecule has 21 heavy (non-hydrogen) atoms. The van der Waals surface area contributed by atoms with Crippen LogP contribution in [0.2, 0.25) is 0 Å². The molecule has 0 aliphatic carbocycles. The smallest absolute Gasteiger partial charge is 0.218 e. The molecule has 3 rings (SSSR count). The summed E-state index contributed by atoms with van der Waals surface area (Å²) in [6, 6.07) is 14.9. The van der Waals surface area contributed by atoms with Crippen molar-refractivity contribution in [3.8, 4) is 0 Å². The first kappa shape index (κ1) is 14.3. The summed E-state index contributed by atoms with van der Waals surface area (Å²) < 4.78 is 26.6. The van der Waals surface area contributed by atoms with Crippen molar-refractivity contribution in [3.05, 3.63) is 70.8 Å². The van der Waals surface area contributed by atoms with Crippen LogP contribution < -0.4 is 0 Å². The Morgan fingerprint density at radius 1 is 0.952 bits per heavy atom. The Morgan fingerprint density at radius 2 is 1.57 bits per heavy atom. The van der Waals surface area contributed by atoms with E-state index in [9.17, 15) is 8.42 Å². The standard InChI is InChI=1S/C16H17NO3S/c18-11-13-4-3-5-14(8-13)12-21(19,20)17-9-15-6-1-2-7-16(15)10-17/h1-8,18H,9-12H2. The topological polar surface area (TPSA) is 57.6 Å². The molecule has 1 aliphatic rings. The molecular weight excluding hydrogens is 286 g/mol. The van der Waals surface area contributed by atoms with Gasteiger partial charge in [-0.15, -0.1) is 0 Å². The highest BCUT2D eigenvalue weighted by atomic mass is 32.2. The lowest BCUT2D eigenvalue weighted by Gasteiger charge is -2.15. The first-order valence-corrected chi connectivity index (χ1v) is 8.43. The second-order valence-electron chi connectivity index (χ2n) is 5.27. The van der Waals surface area contributed by atoms with Gasteiger partial charge < -0.3 is 5.11 Å². The second kappa shape index (κ2) is 5.60. The van der Waals surface area contributed by atoms with Gasteiger partial charge >= 0.3 is 0 Å². The van der Waals surface area contributed by atoms with Gasteiger partial charge in [0.15, 0.2) is 0 Å². The van der Waals surface area contributed by atoms with E-state index in [-0.39, 0.29) is 12.4 Å². The Balaban J connectivity index is 1.79. The molecule has 0 fully saturated rings. The Labute approximate surface area is 124 Å². The Bertz CT molecular complexity index is 731. The van der Waals surface area contributed by atoms with Crippen LogP contribution in [0, 0.1) is 0 Å². The highest BCUT2D eigenvalue weighted by Crippen LogP contribution is 2.26. The van der Waals surface area contributed by atoms with Gasteiger partial charge in [-0.3, -0.25) is 0 Å². The number of hydrogen-bond donors (Lipinski definition) is 1. The average molecular weight is 303 g/mol. The predicted octanol–water partition coefficient (Wildman–Crippen LogP) is 2.02. The van der Waals surface area contributed by atoms with Gasteiger partial charge in [0, 0.05) is 13.1 Å². The van der Waals surface area contributed by atoms with E-state index in [0.717, 1.165) is 16.7 Å². The second-order valence-corrected chi connectivity index (χ2v) is 7.24. The van der Waals surface area contributed by atoms with Crippen LogP contribution in [-0.2, 0) is 35.5 Å². The van der Waals surface area contributed by atoms with E-state index < -0.39 is 10.0 Å². The van der Waals surface area contributed by atoms with Crippen molar-refractivity contribution in [1.29, 1.82) is 0 Å². The third-order valence-corrected chi connectivity index (χ3v) is 5.47. The van der Waals surface area contributed by atoms with E-state index >= 15 is 0 Å². The molecular formula is C16H17NO3S. The summed E-state index contributed by atoms with van der Waals surface area (Å²) in [5.41, 5.74) is 3.58. The number of fused-ring (bicyclic) bond motifs is 1. The van der Waals surface area contributed by atoms with Crippen LogP contribution in [0.25, 0.3) is 0 Å². The van der Waals surface area contributed by atoms with Crippen molar-refractivity contribution in [2.75, 3.05) is 0 Å². The van der Waals surface area contributed by atoms with Gasteiger partial charge in [0.05, 0.1) is 12.4 Å². The summed E-state index contributed by atoms with van der Waals surface area (Å²) in [5, 5.41) is 9.13. The molecule has 1 aliphatic heterocycles. The van der Waals surface area contributed by atoms with Crippen LogP contribution in [0.1, 0.15) is 22.3 Å². The maximum atomic E-state index is 12.5. The van der Waals surface area contributed by atoms with Crippen molar-refractivity contribution < 1.29 is 13.5 Å². The molecule has 2 aromatic rings. The number of aliphatic hydroxyl groups excluding tert-OH is 1. The molecule has 0 radical (unpaired) electrons. The molecule has 0 unspecified atom stereocenters. The molecule has 0 saturated heterocycles. The first-order valence-electron chi connectivity index (χ1n) is 6.82. The molecule has 1 heterocycles. The molecule has 5 heteroatoms.